The summed E-state index contributed by atoms with van der Waals surface area (Å²) < 4.78 is 27.1. The minimum absolute atomic E-state index is 0.256. The fourth-order valence-corrected chi connectivity index (χ4v) is 3.19. The smallest absolute Gasteiger partial charge is 0.303 e. The Kier molecular flexibility index (Phi) is 8.75. The highest BCUT2D eigenvalue weighted by molar-refractivity contribution is 5.69. The molecule has 2 rings (SSSR count). The molecule has 0 N–H and O–H groups in total. The van der Waals surface area contributed by atoms with Gasteiger partial charge in [0.2, 0.25) is 0 Å². The van der Waals surface area contributed by atoms with Gasteiger partial charge in [0.15, 0.2) is 18.3 Å². The summed E-state index contributed by atoms with van der Waals surface area (Å²) in [5.74, 6) is -2.53. The number of ether oxygens (including phenoxy) is 5. The van der Waals surface area contributed by atoms with Crippen LogP contribution in [0.3, 0.4) is 0 Å². The molecule has 1 aliphatic rings. The van der Waals surface area contributed by atoms with Gasteiger partial charge in [-0.3, -0.25) is 19.2 Å². The van der Waals surface area contributed by atoms with Gasteiger partial charge in [0.25, 0.3) is 0 Å². The fraction of sp³-hybridized carbons (Fsp3) is 0.455. The third kappa shape index (κ3) is 7.53. The number of hydrogen-bond donors (Lipinski definition) is 0. The quantitative estimate of drug-likeness (QED) is 0.468. The molecule has 1 aliphatic heterocycles. The first-order valence-corrected chi connectivity index (χ1v) is 9.71. The van der Waals surface area contributed by atoms with Crippen molar-refractivity contribution in [2.45, 2.75) is 58.2 Å². The maximum Gasteiger partial charge on any atom is 0.303 e. The van der Waals surface area contributed by atoms with E-state index < -0.39 is 54.4 Å². The average molecular weight is 434 g/mol. The summed E-state index contributed by atoms with van der Waals surface area (Å²) in [6.45, 7) is 4.53. The molecule has 1 fully saturated rings. The van der Waals surface area contributed by atoms with E-state index in [1.807, 2.05) is 30.3 Å². The molecule has 0 bridgehead atoms. The second-order valence-corrected chi connectivity index (χ2v) is 6.93. The summed E-state index contributed by atoms with van der Waals surface area (Å²) in [5.41, 5.74) is 0.857. The molecule has 1 saturated heterocycles. The molecule has 9 nitrogen and oxygen atoms in total. The SMILES string of the molecule is CC(=O)OC[C@H]1O[C@H](/C=C/c2ccccc2)[C@H](OC(C)=O)[C@@H](OC(C)=O)[C@@H]1OC(C)=O. The summed E-state index contributed by atoms with van der Waals surface area (Å²) in [7, 11) is 0. The molecule has 168 valence electrons. The average Bonchev–Trinajstić information content (AvgIpc) is 2.68. The number of hydrogen-bond acceptors (Lipinski definition) is 9. The van der Waals surface area contributed by atoms with Gasteiger partial charge >= 0.3 is 23.9 Å². The molecule has 9 heteroatoms. The molecule has 0 spiro atoms. The topological polar surface area (TPSA) is 114 Å². The fourth-order valence-electron chi connectivity index (χ4n) is 3.19. The molecular formula is C22H26O9. The first-order chi connectivity index (χ1) is 14.7. The van der Waals surface area contributed by atoms with Gasteiger partial charge < -0.3 is 23.7 Å². The van der Waals surface area contributed by atoms with E-state index in [9.17, 15) is 19.2 Å². The molecule has 31 heavy (non-hydrogen) atoms. The van der Waals surface area contributed by atoms with Gasteiger partial charge in [0.05, 0.1) is 0 Å². The molecule has 1 aromatic carbocycles. The van der Waals surface area contributed by atoms with Crippen molar-refractivity contribution < 1.29 is 42.9 Å². The van der Waals surface area contributed by atoms with Crippen LogP contribution in [-0.2, 0) is 42.9 Å². The molecule has 0 saturated carbocycles. The summed E-state index contributed by atoms with van der Waals surface area (Å²) >= 11 is 0. The Morgan fingerprint density at radius 3 is 1.90 bits per heavy atom. The van der Waals surface area contributed by atoms with Crippen LogP contribution in [0.4, 0.5) is 0 Å². The lowest BCUT2D eigenvalue weighted by Crippen LogP contribution is -2.61. The van der Waals surface area contributed by atoms with Gasteiger partial charge in [-0.1, -0.05) is 42.5 Å². The van der Waals surface area contributed by atoms with Crippen molar-refractivity contribution in [3.8, 4) is 0 Å². The van der Waals surface area contributed by atoms with E-state index >= 15 is 0 Å². The van der Waals surface area contributed by atoms with Crippen LogP contribution in [0.5, 0.6) is 0 Å². The number of carbonyl (C=O) groups is 4. The minimum Gasteiger partial charge on any atom is -0.463 e. The largest absolute Gasteiger partial charge is 0.463 e. The zero-order valence-corrected chi connectivity index (χ0v) is 17.8. The van der Waals surface area contributed by atoms with E-state index in [0.29, 0.717) is 0 Å². The van der Waals surface area contributed by atoms with Gasteiger partial charge in [0, 0.05) is 27.7 Å². The van der Waals surface area contributed by atoms with Crippen LogP contribution in [0, 0.1) is 0 Å². The number of carbonyl (C=O) groups excluding carboxylic acids is 4. The molecule has 0 unspecified atom stereocenters. The Bertz CT molecular complexity index is 818. The number of benzene rings is 1. The Hall–Kier alpha value is -3.20. The van der Waals surface area contributed by atoms with Crippen molar-refractivity contribution in [2.75, 3.05) is 6.61 Å². The van der Waals surface area contributed by atoms with Crippen LogP contribution < -0.4 is 0 Å². The Morgan fingerprint density at radius 1 is 0.806 bits per heavy atom. The Balaban J connectivity index is 2.43. The highest BCUT2D eigenvalue weighted by atomic mass is 16.7. The van der Waals surface area contributed by atoms with Gasteiger partial charge in [-0.2, -0.15) is 0 Å². The minimum atomic E-state index is -1.18. The van der Waals surface area contributed by atoms with Crippen molar-refractivity contribution in [1.29, 1.82) is 0 Å². The third-order valence-electron chi connectivity index (χ3n) is 4.30. The lowest BCUT2D eigenvalue weighted by atomic mass is 9.93. The second-order valence-electron chi connectivity index (χ2n) is 6.93. The molecule has 0 aliphatic carbocycles. The van der Waals surface area contributed by atoms with Gasteiger partial charge in [-0.15, -0.1) is 0 Å². The van der Waals surface area contributed by atoms with Crippen LogP contribution in [0.1, 0.15) is 33.3 Å². The van der Waals surface area contributed by atoms with E-state index in [4.69, 9.17) is 23.7 Å². The van der Waals surface area contributed by atoms with Gasteiger partial charge in [0.1, 0.15) is 18.8 Å². The van der Waals surface area contributed by atoms with E-state index in [0.717, 1.165) is 5.56 Å². The van der Waals surface area contributed by atoms with Crippen LogP contribution in [0.2, 0.25) is 0 Å². The summed E-state index contributed by atoms with van der Waals surface area (Å²) in [6.07, 6.45) is -1.88. The van der Waals surface area contributed by atoms with E-state index in [1.165, 1.54) is 27.7 Å². The van der Waals surface area contributed by atoms with Gasteiger partial charge in [-0.05, 0) is 5.56 Å². The summed E-state index contributed by atoms with van der Waals surface area (Å²) in [6, 6.07) is 9.30. The zero-order valence-electron chi connectivity index (χ0n) is 17.8. The highest BCUT2D eigenvalue weighted by Gasteiger charge is 2.51. The molecule has 1 heterocycles. The van der Waals surface area contributed by atoms with Crippen molar-refractivity contribution in [2.24, 2.45) is 0 Å². The van der Waals surface area contributed by atoms with Crippen LogP contribution in [0.25, 0.3) is 6.08 Å². The normalized spacial score (nSPS) is 25.5. The number of rotatable bonds is 7. The van der Waals surface area contributed by atoms with Crippen LogP contribution in [0.15, 0.2) is 36.4 Å². The van der Waals surface area contributed by atoms with Crippen LogP contribution >= 0.6 is 0 Å². The van der Waals surface area contributed by atoms with E-state index in [2.05, 4.69) is 0 Å². The standard InChI is InChI=1S/C22H26O9/c1-13(23)27-12-19-21(29-15(3)25)22(30-16(4)26)20(28-14(2)24)18(31-19)11-10-17-8-6-5-7-9-17/h5-11,18-22H,12H2,1-4H3/b11-10+/t18-,19-,20+,21-,22-/m1/s1. The Labute approximate surface area is 180 Å². The molecule has 0 radical (unpaired) electrons. The number of esters is 4. The van der Waals surface area contributed by atoms with E-state index in [1.54, 1.807) is 12.2 Å². The maximum absolute atomic E-state index is 11.8. The Morgan fingerprint density at radius 2 is 1.35 bits per heavy atom. The van der Waals surface area contributed by atoms with Crippen molar-refractivity contribution in [3.05, 3.63) is 42.0 Å². The lowest BCUT2D eigenvalue weighted by molar-refractivity contribution is -0.244. The molecule has 1 aromatic rings. The molecule has 0 amide bonds. The predicted molar refractivity (Wildman–Crippen MR) is 107 cm³/mol. The molecular weight excluding hydrogens is 408 g/mol. The summed E-state index contributed by atoms with van der Waals surface area (Å²) in [4.78, 5) is 46.6. The van der Waals surface area contributed by atoms with Crippen molar-refractivity contribution >= 4 is 30.0 Å². The third-order valence-corrected chi connectivity index (χ3v) is 4.30. The maximum atomic E-state index is 11.8. The first kappa shape index (κ1) is 24.1. The van der Waals surface area contributed by atoms with Crippen molar-refractivity contribution in [3.63, 3.8) is 0 Å². The predicted octanol–water partition coefficient (Wildman–Crippen LogP) is 1.83. The molecule has 5 atom stereocenters. The van der Waals surface area contributed by atoms with Gasteiger partial charge in [-0.25, -0.2) is 0 Å². The first-order valence-electron chi connectivity index (χ1n) is 9.71. The highest BCUT2D eigenvalue weighted by Crippen LogP contribution is 2.30. The summed E-state index contributed by atoms with van der Waals surface area (Å²) in [5, 5.41) is 0. The molecule has 0 aromatic heterocycles. The van der Waals surface area contributed by atoms with Crippen LogP contribution in [-0.4, -0.2) is 61.0 Å². The monoisotopic (exact) mass is 434 g/mol. The van der Waals surface area contributed by atoms with E-state index in [-0.39, 0.29) is 6.61 Å². The lowest BCUT2D eigenvalue weighted by Gasteiger charge is -2.43. The second kappa shape index (κ2) is 11.3. The zero-order chi connectivity index (χ0) is 23.0. The van der Waals surface area contributed by atoms with Crippen molar-refractivity contribution in [1.82, 2.24) is 0 Å².